The Hall–Kier alpha value is -3.47. The Bertz CT molecular complexity index is 1260. The van der Waals surface area contributed by atoms with Gasteiger partial charge in [0.1, 0.15) is 11.2 Å². The van der Waals surface area contributed by atoms with E-state index in [4.69, 9.17) is 14.2 Å². The molecule has 3 rings (SSSR count). The maximum atomic E-state index is 13.6. The van der Waals surface area contributed by atoms with Crippen molar-refractivity contribution in [1.29, 1.82) is 0 Å². The SMILES string of the molecule is COC(=O)c1ccc(CCC(=O)OC(C)(C)C)c(N(C)C(=O)c2nc3c(s2)CN(C(=O)OC(C)(C)C)CC3)c1. The number of methoxy groups -OCH3 is 1. The number of hydrogen-bond acceptors (Lipinski definition) is 9. The van der Waals surface area contributed by atoms with Gasteiger partial charge in [0.05, 0.1) is 24.9 Å². The molecule has 0 atom stereocenters. The number of thiazole rings is 1. The number of rotatable bonds is 6. The zero-order valence-corrected chi connectivity index (χ0v) is 24.7. The summed E-state index contributed by atoms with van der Waals surface area (Å²) in [5, 5.41) is 0.273. The Labute approximate surface area is 233 Å². The molecule has 0 spiro atoms. The van der Waals surface area contributed by atoms with Crippen LogP contribution in [0.4, 0.5) is 10.5 Å². The van der Waals surface area contributed by atoms with Crippen molar-refractivity contribution in [3.8, 4) is 0 Å². The zero-order valence-electron chi connectivity index (χ0n) is 23.9. The Balaban J connectivity index is 1.83. The second-order valence-corrected chi connectivity index (χ2v) is 12.4. The highest BCUT2D eigenvalue weighted by molar-refractivity contribution is 7.13. The minimum absolute atomic E-state index is 0.107. The van der Waals surface area contributed by atoms with Gasteiger partial charge in [-0.2, -0.15) is 0 Å². The summed E-state index contributed by atoms with van der Waals surface area (Å²) in [5.74, 6) is -1.26. The Kier molecular flexibility index (Phi) is 9.05. The third-order valence-corrected chi connectivity index (χ3v) is 6.83. The van der Waals surface area contributed by atoms with Crippen LogP contribution in [-0.2, 0) is 38.4 Å². The predicted molar refractivity (Wildman–Crippen MR) is 147 cm³/mol. The molecule has 11 heteroatoms. The first-order chi connectivity index (χ1) is 18.1. The van der Waals surface area contributed by atoms with Crippen LogP contribution in [0, 0.1) is 0 Å². The minimum Gasteiger partial charge on any atom is -0.465 e. The molecule has 0 fully saturated rings. The third kappa shape index (κ3) is 8.01. The maximum absolute atomic E-state index is 13.6. The van der Waals surface area contributed by atoms with Gasteiger partial charge in [0.15, 0.2) is 5.01 Å². The zero-order chi connectivity index (χ0) is 29.1. The number of hydrogen-bond donors (Lipinski definition) is 0. The first kappa shape index (κ1) is 30.1. The smallest absolute Gasteiger partial charge is 0.410 e. The molecule has 1 aromatic heterocycles. The Morgan fingerprint density at radius 2 is 1.72 bits per heavy atom. The lowest BCUT2D eigenvalue weighted by Gasteiger charge is -2.29. The van der Waals surface area contributed by atoms with Gasteiger partial charge in [-0.3, -0.25) is 9.59 Å². The third-order valence-electron chi connectivity index (χ3n) is 5.76. The summed E-state index contributed by atoms with van der Waals surface area (Å²) in [4.78, 5) is 59.1. The molecule has 39 heavy (non-hydrogen) atoms. The van der Waals surface area contributed by atoms with Crippen molar-refractivity contribution in [1.82, 2.24) is 9.88 Å². The molecule has 0 unspecified atom stereocenters. The van der Waals surface area contributed by atoms with E-state index in [0.29, 0.717) is 37.2 Å². The second-order valence-electron chi connectivity index (χ2n) is 11.3. The van der Waals surface area contributed by atoms with E-state index in [0.717, 1.165) is 10.6 Å². The van der Waals surface area contributed by atoms with Crippen LogP contribution in [0.15, 0.2) is 18.2 Å². The number of esters is 2. The fourth-order valence-corrected chi connectivity index (χ4v) is 5.08. The van der Waals surface area contributed by atoms with Crippen LogP contribution < -0.4 is 4.90 Å². The first-order valence-electron chi connectivity index (χ1n) is 12.8. The molecular formula is C28H37N3O7S. The van der Waals surface area contributed by atoms with Crippen LogP contribution in [0.2, 0.25) is 0 Å². The number of benzene rings is 1. The van der Waals surface area contributed by atoms with Crippen LogP contribution in [0.3, 0.4) is 0 Å². The number of nitrogens with zero attached hydrogens (tertiary/aromatic N) is 3. The van der Waals surface area contributed by atoms with Crippen molar-refractivity contribution < 1.29 is 33.4 Å². The molecular weight excluding hydrogens is 522 g/mol. The predicted octanol–water partition coefficient (Wildman–Crippen LogP) is 4.77. The normalized spacial score (nSPS) is 13.4. The van der Waals surface area contributed by atoms with Gasteiger partial charge in [-0.1, -0.05) is 6.07 Å². The highest BCUT2D eigenvalue weighted by Crippen LogP contribution is 2.30. The lowest BCUT2D eigenvalue weighted by atomic mass is 10.0. The number of amides is 2. The van der Waals surface area contributed by atoms with Crippen LogP contribution >= 0.6 is 11.3 Å². The monoisotopic (exact) mass is 559 g/mol. The fraction of sp³-hybridized carbons (Fsp3) is 0.536. The van der Waals surface area contributed by atoms with Crippen molar-refractivity contribution >= 4 is 41.0 Å². The van der Waals surface area contributed by atoms with Crippen molar-refractivity contribution in [3.63, 3.8) is 0 Å². The quantitative estimate of drug-likeness (QED) is 0.367. The molecule has 2 heterocycles. The summed E-state index contributed by atoms with van der Waals surface area (Å²) >= 11 is 1.23. The number of aryl methyl sites for hydroxylation is 1. The Morgan fingerprint density at radius 3 is 2.33 bits per heavy atom. The highest BCUT2D eigenvalue weighted by atomic mass is 32.1. The van der Waals surface area contributed by atoms with Crippen LogP contribution in [0.5, 0.6) is 0 Å². The van der Waals surface area contributed by atoms with E-state index < -0.39 is 23.3 Å². The van der Waals surface area contributed by atoms with Gasteiger partial charge >= 0.3 is 18.0 Å². The average molecular weight is 560 g/mol. The van der Waals surface area contributed by atoms with E-state index in [1.54, 1.807) is 50.9 Å². The molecule has 0 saturated heterocycles. The number of ether oxygens (including phenoxy) is 3. The van der Waals surface area contributed by atoms with E-state index >= 15 is 0 Å². The largest absolute Gasteiger partial charge is 0.465 e. The second kappa shape index (κ2) is 11.7. The lowest BCUT2D eigenvalue weighted by molar-refractivity contribution is -0.154. The fourth-order valence-electron chi connectivity index (χ4n) is 3.98. The number of carbonyl (C=O) groups excluding carboxylic acids is 4. The van der Waals surface area contributed by atoms with Gasteiger partial charge in [0, 0.05) is 37.0 Å². The molecule has 10 nitrogen and oxygen atoms in total. The molecule has 2 aromatic rings. The summed E-state index contributed by atoms with van der Waals surface area (Å²) < 4.78 is 15.8. The molecule has 212 valence electrons. The lowest BCUT2D eigenvalue weighted by Crippen LogP contribution is -2.39. The number of fused-ring (bicyclic) bond motifs is 1. The number of carbonyl (C=O) groups is 4. The molecule has 0 aliphatic carbocycles. The summed E-state index contributed by atoms with van der Waals surface area (Å²) in [7, 11) is 2.89. The number of aromatic nitrogens is 1. The van der Waals surface area contributed by atoms with Gasteiger partial charge in [0.25, 0.3) is 5.91 Å². The van der Waals surface area contributed by atoms with Crippen molar-refractivity contribution in [2.75, 3.05) is 25.6 Å². The highest BCUT2D eigenvalue weighted by Gasteiger charge is 2.30. The molecule has 1 aromatic carbocycles. The molecule has 1 aliphatic rings. The average Bonchev–Trinajstić information content (AvgIpc) is 3.27. The minimum atomic E-state index is -0.607. The summed E-state index contributed by atoms with van der Waals surface area (Å²) in [6.07, 6.45) is 0.528. The summed E-state index contributed by atoms with van der Waals surface area (Å²) in [6.45, 7) is 11.6. The van der Waals surface area contributed by atoms with Gasteiger partial charge in [0.2, 0.25) is 0 Å². The van der Waals surface area contributed by atoms with Gasteiger partial charge in [-0.25, -0.2) is 14.6 Å². The van der Waals surface area contributed by atoms with Crippen molar-refractivity contribution in [2.24, 2.45) is 0 Å². The van der Waals surface area contributed by atoms with E-state index in [1.807, 2.05) is 20.8 Å². The summed E-state index contributed by atoms with van der Waals surface area (Å²) in [5.41, 5.74) is 1.01. The molecule has 0 saturated carbocycles. The number of anilines is 1. The van der Waals surface area contributed by atoms with E-state index in [-0.39, 0.29) is 28.9 Å². The standard InChI is InChI=1S/C28H37N3O7S/c1-27(2,3)37-22(32)12-11-17-9-10-18(25(34)36-8)15-20(17)30(7)24(33)23-29-19-13-14-31(16-21(19)39-23)26(35)38-28(4,5)6/h9-10,15H,11-14,16H2,1-8H3. The molecule has 0 N–H and O–H groups in total. The molecule has 0 bridgehead atoms. The first-order valence-corrected chi connectivity index (χ1v) is 13.6. The molecule has 2 amide bonds. The van der Waals surface area contributed by atoms with Gasteiger partial charge in [-0.05, 0) is 65.7 Å². The van der Waals surface area contributed by atoms with Crippen LogP contribution in [-0.4, -0.2) is 65.7 Å². The van der Waals surface area contributed by atoms with Gasteiger partial charge < -0.3 is 24.0 Å². The van der Waals surface area contributed by atoms with Crippen molar-refractivity contribution in [3.05, 3.63) is 44.9 Å². The molecule has 1 aliphatic heterocycles. The van der Waals surface area contributed by atoms with E-state index in [9.17, 15) is 19.2 Å². The van der Waals surface area contributed by atoms with Gasteiger partial charge in [-0.15, -0.1) is 11.3 Å². The Morgan fingerprint density at radius 1 is 1.05 bits per heavy atom. The maximum Gasteiger partial charge on any atom is 0.410 e. The molecule has 0 radical (unpaired) electrons. The summed E-state index contributed by atoms with van der Waals surface area (Å²) in [6, 6.07) is 4.89. The van der Waals surface area contributed by atoms with E-state index in [2.05, 4.69) is 4.98 Å². The van der Waals surface area contributed by atoms with Crippen molar-refractivity contribution in [2.45, 2.75) is 78.6 Å². The van der Waals surface area contributed by atoms with E-state index in [1.165, 1.54) is 23.3 Å². The topological polar surface area (TPSA) is 115 Å². The van der Waals surface area contributed by atoms with Crippen LogP contribution in [0.25, 0.3) is 0 Å². The van der Waals surface area contributed by atoms with Crippen LogP contribution in [0.1, 0.15) is 84.3 Å².